The molecule has 1 saturated heterocycles. The van der Waals surface area contributed by atoms with E-state index in [-0.39, 0.29) is 17.5 Å². The molecule has 146 valence electrons. The molecule has 0 bridgehead atoms. The van der Waals surface area contributed by atoms with Crippen LogP contribution in [0.1, 0.15) is 37.7 Å². The standard InChI is InChI=1S/C20H22F3NO3/c1-27-19(26)17-11-14-9-5-6-10-16(14)24(17)18(25)12-15(20(21,22)23)13-7-3-2-4-8-13/h2-4,7-8,12,14,16-17H,5-6,9-11H2,1H3/b15-12-. The van der Waals surface area contributed by atoms with E-state index in [1.54, 1.807) is 6.07 Å². The predicted molar refractivity (Wildman–Crippen MR) is 93.5 cm³/mol. The van der Waals surface area contributed by atoms with E-state index in [9.17, 15) is 22.8 Å². The largest absolute Gasteiger partial charge is 0.467 e. The van der Waals surface area contributed by atoms with Crippen molar-refractivity contribution >= 4 is 17.4 Å². The SMILES string of the molecule is COC(=O)C1CC2CCCCC2N1C(=O)/C=C(/c1ccccc1)C(F)(F)F. The molecule has 27 heavy (non-hydrogen) atoms. The van der Waals surface area contributed by atoms with Gasteiger partial charge in [0.05, 0.1) is 12.7 Å². The number of likely N-dealkylation sites (tertiary alicyclic amines) is 1. The Morgan fingerprint density at radius 3 is 2.44 bits per heavy atom. The normalized spacial score (nSPS) is 25.9. The molecular formula is C20H22F3NO3. The first-order valence-corrected chi connectivity index (χ1v) is 9.07. The molecule has 2 fully saturated rings. The fourth-order valence-electron chi connectivity index (χ4n) is 4.27. The van der Waals surface area contributed by atoms with Crippen molar-refractivity contribution in [2.75, 3.05) is 7.11 Å². The highest BCUT2D eigenvalue weighted by molar-refractivity contribution is 5.98. The molecule has 2 aliphatic rings. The van der Waals surface area contributed by atoms with Crippen LogP contribution in [0.4, 0.5) is 13.2 Å². The van der Waals surface area contributed by atoms with Gasteiger partial charge in [0.25, 0.3) is 0 Å². The number of alkyl halides is 3. The van der Waals surface area contributed by atoms with Crippen LogP contribution in [0.3, 0.4) is 0 Å². The monoisotopic (exact) mass is 381 g/mol. The Labute approximate surface area is 156 Å². The van der Waals surface area contributed by atoms with Gasteiger partial charge in [0.1, 0.15) is 6.04 Å². The molecule has 3 unspecified atom stereocenters. The number of esters is 1. The van der Waals surface area contributed by atoms with Crippen molar-refractivity contribution in [1.82, 2.24) is 4.90 Å². The lowest BCUT2D eigenvalue weighted by molar-refractivity contribution is -0.150. The maximum absolute atomic E-state index is 13.6. The van der Waals surface area contributed by atoms with Gasteiger partial charge in [-0.25, -0.2) is 4.79 Å². The number of hydrogen-bond donors (Lipinski definition) is 0. The van der Waals surface area contributed by atoms with Gasteiger partial charge in [-0.15, -0.1) is 0 Å². The van der Waals surface area contributed by atoms with E-state index in [0.717, 1.165) is 19.3 Å². The fourth-order valence-corrected chi connectivity index (χ4v) is 4.27. The number of nitrogens with zero attached hydrogens (tertiary/aromatic N) is 1. The average Bonchev–Trinajstić information content (AvgIpc) is 3.04. The highest BCUT2D eigenvalue weighted by Gasteiger charge is 2.48. The van der Waals surface area contributed by atoms with Crippen LogP contribution in [0.5, 0.6) is 0 Å². The lowest BCUT2D eigenvalue weighted by atomic mass is 9.84. The molecule has 1 heterocycles. The minimum atomic E-state index is -4.68. The summed E-state index contributed by atoms with van der Waals surface area (Å²) in [5, 5.41) is 0. The maximum Gasteiger partial charge on any atom is 0.417 e. The van der Waals surface area contributed by atoms with Gasteiger partial charge in [-0.3, -0.25) is 4.79 Å². The lowest BCUT2D eigenvalue weighted by Gasteiger charge is -2.32. The summed E-state index contributed by atoms with van der Waals surface area (Å²) in [7, 11) is 1.23. The quantitative estimate of drug-likeness (QED) is 0.588. The maximum atomic E-state index is 13.6. The summed E-state index contributed by atoms with van der Waals surface area (Å²) in [5.41, 5.74) is -1.08. The summed E-state index contributed by atoms with van der Waals surface area (Å²) in [4.78, 5) is 26.4. The second-order valence-electron chi connectivity index (χ2n) is 7.05. The van der Waals surface area contributed by atoms with Crippen LogP contribution in [0.25, 0.3) is 5.57 Å². The van der Waals surface area contributed by atoms with E-state index in [1.165, 1.54) is 36.3 Å². The van der Waals surface area contributed by atoms with Crippen molar-refractivity contribution in [3.63, 3.8) is 0 Å². The summed E-state index contributed by atoms with van der Waals surface area (Å²) < 4.78 is 45.5. The molecular weight excluding hydrogens is 359 g/mol. The Balaban J connectivity index is 1.97. The van der Waals surface area contributed by atoms with Gasteiger partial charge in [-0.2, -0.15) is 13.2 Å². The van der Waals surface area contributed by atoms with Gasteiger partial charge in [-0.05, 0) is 30.7 Å². The number of fused-ring (bicyclic) bond motifs is 1. The number of amides is 1. The van der Waals surface area contributed by atoms with Crippen LogP contribution in [0.2, 0.25) is 0 Å². The molecule has 0 radical (unpaired) electrons. The molecule has 0 spiro atoms. The molecule has 1 aliphatic heterocycles. The molecule has 4 nitrogen and oxygen atoms in total. The van der Waals surface area contributed by atoms with Gasteiger partial charge in [0.15, 0.2) is 0 Å². The third-order valence-electron chi connectivity index (χ3n) is 5.47. The molecule has 1 aromatic rings. The zero-order chi connectivity index (χ0) is 19.6. The highest BCUT2D eigenvalue weighted by atomic mass is 19.4. The van der Waals surface area contributed by atoms with E-state index in [0.29, 0.717) is 18.9 Å². The first-order valence-electron chi connectivity index (χ1n) is 9.07. The van der Waals surface area contributed by atoms with Gasteiger partial charge >= 0.3 is 12.1 Å². The van der Waals surface area contributed by atoms with Gasteiger partial charge in [0.2, 0.25) is 5.91 Å². The number of benzene rings is 1. The Kier molecular flexibility index (Phi) is 5.58. The van der Waals surface area contributed by atoms with Crippen LogP contribution in [-0.4, -0.2) is 42.1 Å². The molecule has 7 heteroatoms. The minimum absolute atomic E-state index is 0.0765. The zero-order valence-corrected chi connectivity index (χ0v) is 15.0. The third kappa shape index (κ3) is 4.01. The summed E-state index contributed by atoms with van der Waals surface area (Å²) in [6.45, 7) is 0. The predicted octanol–water partition coefficient (Wildman–Crippen LogP) is 3.97. The second-order valence-corrected chi connectivity index (χ2v) is 7.05. The molecule has 1 aliphatic carbocycles. The Bertz CT molecular complexity index is 730. The van der Waals surface area contributed by atoms with Gasteiger partial charge in [0, 0.05) is 12.1 Å². The van der Waals surface area contributed by atoms with E-state index in [2.05, 4.69) is 0 Å². The average molecular weight is 381 g/mol. The fraction of sp³-hybridized carbons (Fsp3) is 0.500. The lowest BCUT2D eigenvalue weighted by Crippen LogP contribution is -2.46. The van der Waals surface area contributed by atoms with Crippen LogP contribution in [0.15, 0.2) is 36.4 Å². The molecule has 3 atom stereocenters. The molecule has 1 aromatic carbocycles. The van der Waals surface area contributed by atoms with E-state index in [4.69, 9.17) is 4.74 Å². The number of rotatable bonds is 3. The first kappa shape index (κ1) is 19.5. The Morgan fingerprint density at radius 2 is 1.81 bits per heavy atom. The van der Waals surface area contributed by atoms with Crippen LogP contribution >= 0.6 is 0 Å². The Morgan fingerprint density at radius 1 is 1.15 bits per heavy atom. The Hall–Kier alpha value is -2.31. The van der Waals surface area contributed by atoms with Crippen molar-refractivity contribution in [2.45, 2.75) is 50.4 Å². The molecule has 1 saturated carbocycles. The number of hydrogen-bond acceptors (Lipinski definition) is 3. The topological polar surface area (TPSA) is 46.6 Å². The number of allylic oxidation sites excluding steroid dienone is 1. The van der Waals surface area contributed by atoms with Crippen molar-refractivity contribution < 1.29 is 27.5 Å². The smallest absolute Gasteiger partial charge is 0.417 e. The van der Waals surface area contributed by atoms with Crippen molar-refractivity contribution in [1.29, 1.82) is 0 Å². The number of halogens is 3. The summed E-state index contributed by atoms with van der Waals surface area (Å²) in [6.07, 6.45) is -0.131. The van der Waals surface area contributed by atoms with Gasteiger partial charge in [-0.1, -0.05) is 43.2 Å². The molecule has 3 rings (SSSR count). The van der Waals surface area contributed by atoms with Gasteiger partial charge < -0.3 is 9.64 Å². The van der Waals surface area contributed by atoms with E-state index in [1.807, 2.05) is 0 Å². The number of carbonyl (C=O) groups excluding carboxylic acids is 2. The van der Waals surface area contributed by atoms with E-state index < -0.39 is 29.7 Å². The number of ether oxygens (including phenoxy) is 1. The third-order valence-corrected chi connectivity index (χ3v) is 5.47. The first-order chi connectivity index (χ1) is 12.8. The number of carbonyl (C=O) groups is 2. The van der Waals surface area contributed by atoms with Crippen molar-refractivity contribution in [3.8, 4) is 0 Å². The summed E-state index contributed by atoms with van der Waals surface area (Å²) in [6, 6.07) is 6.19. The summed E-state index contributed by atoms with van der Waals surface area (Å²) in [5.74, 6) is -1.22. The van der Waals surface area contributed by atoms with E-state index >= 15 is 0 Å². The van der Waals surface area contributed by atoms with Crippen LogP contribution < -0.4 is 0 Å². The molecule has 1 amide bonds. The molecule has 0 N–H and O–H groups in total. The van der Waals surface area contributed by atoms with Crippen molar-refractivity contribution in [3.05, 3.63) is 42.0 Å². The zero-order valence-electron chi connectivity index (χ0n) is 15.0. The minimum Gasteiger partial charge on any atom is -0.467 e. The highest BCUT2D eigenvalue weighted by Crippen LogP contribution is 2.41. The molecule has 0 aromatic heterocycles. The summed E-state index contributed by atoms with van der Waals surface area (Å²) >= 11 is 0. The van der Waals surface area contributed by atoms with Crippen molar-refractivity contribution in [2.24, 2.45) is 5.92 Å². The van der Waals surface area contributed by atoms with Crippen LogP contribution in [0, 0.1) is 5.92 Å². The van der Waals surface area contributed by atoms with Crippen LogP contribution in [-0.2, 0) is 14.3 Å². The number of methoxy groups -OCH3 is 1. The second kappa shape index (κ2) is 7.74.